The maximum atomic E-state index is 12.7. The molecule has 0 saturated heterocycles. The largest absolute Gasteiger partial charge is 0.386 e. The van der Waals surface area contributed by atoms with Crippen LogP contribution in [0, 0.1) is 6.92 Å². The third-order valence-corrected chi connectivity index (χ3v) is 4.49. The van der Waals surface area contributed by atoms with Crippen molar-refractivity contribution in [1.29, 1.82) is 0 Å². The molecular weight excluding hydrogens is 386 g/mol. The van der Waals surface area contributed by atoms with Gasteiger partial charge in [0.25, 0.3) is 5.56 Å². The Hall–Kier alpha value is -3.31. The Balaban J connectivity index is 1.55. The summed E-state index contributed by atoms with van der Waals surface area (Å²) in [5.41, 5.74) is 7.23. The lowest BCUT2D eigenvalue weighted by molar-refractivity contribution is 0.144. The number of tetrazole rings is 1. The molecule has 0 spiro atoms. The summed E-state index contributed by atoms with van der Waals surface area (Å²) in [5, 5.41) is 31.0. The first-order valence-corrected chi connectivity index (χ1v) is 8.71. The van der Waals surface area contributed by atoms with Crippen LogP contribution in [-0.2, 0) is 13.1 Å². The zero-order chi connectivity index (χ0) is 19.8. The first-order chi connectivity index (χ1) is 13.4. The van der Waals surface area contributed by atoms with Crippen LogP contribution in [0.15, 0.2) is 35.3 Å². The highest BCUT2D eigenvalue weighted by Crippen LogP contribution is 2.17. The number of nitrogens with two attached hydrogens (primary N) is 1. The third-order valence-electron chi connectivity index (χ3n) is 4.24. The van der Waals surface area contributed by atoms with Crippen LogP contribution in [0.1, 0.15) is 23.1 Å². The van der Waals surface area contributed by atoms with Crippen molar-refractivity contribution in [3.63, 3.8) is 0 Å². The summed E-state index contributed by atoms with van der Waals surface area (Å²) in [6.45, 7) is 1.85. The molecule has 4 rings (SSSR count). The van der Waals surface area contributed by atoms with Gasteiger partial charge in [-0.1, -0.05) is 23.7 Å². The molecule has 0 radical (unpaired) electrons. The van der Waals surface area contributed by atoms with E-state index < -0.39 is 6.10 Å². The number of rotatable bonds is 5. The van der Waals surface area contributed by atoms with E-state index in [9.17, 15) is 9.90 Å². The van der Waals surface area contributed by atoms with Crippen LogP contribution in [0.4, 0.5) is 5.95 Å². The Kier molecular flexibility index (Phi) is 4.53. The van der Waals surface area contributed by atoms with Gasteiger partial charge in [0.1, 0.15) is 6.10 Å². The van der Waals surface area contributed by atoms with Gasteiger partial charge in [0.15, 0.2) is 11.3 Å². The number of aliphatic hydroxyl groups excluding tert-OH is 1. The molecular formula is C16H16ClN9O2. The van der Waals surface area contributed by atoms with Crippen molar-refractivity contribution in [3.05, 3.63) is 62.8 Å². The standard InChI is InChI=1S/C16H16ClN9O2/c1-9-6-19-26-14(9)15(28)24(16(18)22-26)8-13-20-23-25(21-13)7-12(27)10-2-4-11(17)5-3-10/h2-6,12,27H,7-8H2,1H3,(H2,18,22)/t12-/m0/s1. The number of nitrogens with zero attached hydrogens (tertiary/aromatic N) is 8. The van der Waals surface area contributed by atoms with Crippen LogP contribution in [0.3, 0.4) is 0 Å². The molecule has 144 valence electrons. The maximum absolute atomic E-state index is 12.7. The Morgan fingerprint density at radius 2 is 2.00 bits per heavy atom. The van der Waals surface area contributed by atoms with Crippen LogP contribution in [0.5, 0.6) is 0 Å². The number of aryl methyl sites for hydroxylation is 1. The van der Waals surface area contributed by atoms with E-state index in [-0.39, 0.29) is 30.4 Å². The van der Waals surface area contributed by atoms with Gasteiger partial charge >= 0.3 is 0 Å². The molecule has 12 heteroatoms. The van der Waals surface area contributed by atoms with Crippen molar-refractivity contribution in [2.75, 3.05) is 5.73 Å². The van der Waals surface area contributed by atoms with Gasteiger partial charge in [-0.15, -0.1) is 19.9 Å². The molecule has 0 amide bonds. The number of aliphatic hydroxyl groups is 1. The van der Waals surface area contributed by atoms with E-state index in [2.05, 4.69) is 25.6 Å². The van der Waals surface area contributed by atoms with Gasteiger partial charge in [-0.25, -0.2) is 0 Å². The van der Waals surface area contributed by atoms with E-state index >= 15 is 0 Å². The first kappa shape index (κ1) is 18.1. The number of hydrogen-bond acceptors (Lipinski definition) is 8. The highest BCUT2D eigenvalue weighted by atomic mass is 35.5. The first-order valence-electron chi connectivity index (χ1n) is 8.33. The second kappa shape index (κ2) is 7.02. The molecule has 0 unspecified atom stereocenters. The van der Waals surface area contributed by atoms with Gasteiger partial charge in [0, 0.05) is 10.6 Å². The van der Waals surface area contributed by atoms with Gasteiger partial charge in [0.05, 0.1) is 19.3 Å². The Labute approximate surface area is 163 Å². The molecule has 0 aliphatic rings. The van der Waals surface area contributed by atoms with Crippen molar-refractivity contribution in [1.82, 2.24) is 39.6 Å². The topological polar surface area (TPSA) is 142 Å². The lowest BCUT2D eigenvalue weighted by Crippen LogP contribution is -2.28. The van der Waals surface area contributed by atoms with Crippen molar-refractivity contribution in [3.8, 4) is 0 Å². The van der Waals surface area contributed by atoms with Crippen molar-refractivity contribution >= 4 is 23.1 Å². The summed E-state index contributed by atoms with van der Waals surface area (Å²) >= 11 is 5.85. The molecule has 1 atom stereocenters. The molecule has 0 aliphatic carbocycles. The van der Waals surface area contributed by atoms with Gasteiger partial charge in [-0.2, -0.15) is 9.90 Å². The average Bonchev–Trinajstić information content (AvgIpc) is 3.25. The Morgan fingerprint density at radius 1 is 1.25 bits per heavy atom. The lowest BCUT2D eigenvalue weighted by atomic mass is 10.1. The minimum Gasteiger partial charge on any atom is -0.386 e. The molecule has 0 bridgehead atoms. The Bertz CT molecular complexity index is 1200. The van der Waals surface area contributed by atoms with E-state index in [0.29, 0.717) is 21.7 Å². The van der Waals surface area contributed by atoms with E-state index in [0.717, 1.165) is 0 Å². The summed E-state index contributed by atoms with van der Waals surface area (Å²) in [5.74, 6) is 0.249. The summed E-state index contributed by atoms with van der Waals surface area (Å²) in [7, 11) is 0. The summed E-state index contributed by atoms with van der Waals surface area (Å²) in [6, 6.07) is 6.83. The minimum absolute atomic E-state index is 0.00414. The average molecular weight is 402 g/mol. The van der Waals surface area contributed by atoms with E-state index in [1.807, 2.05) is 0 Å². The van der Waals surface area contributed by atoms with E-state index in [1.165, 1.54) is 14.0 Å². The summed E-state index contributed by atoms with van der Waals surface area (Å²) < 4.78 is 2.46. The van der Waals surface area contributed by atoms with Crippen LogP contribution in [-0.4, -0.2) is 44.7 Å². The van der Waals surface area contributed by atoms with Gasteiger partial charge in [-0.05, 0) is 29.8 Å². The lowest BCUT2D eigenvalue weighted by Gasteiger charge is -2.09. The van der Waals surface area contributed by atoms with E-state index in [1.54, 1.807) is 37.4 Å². The number of aromatic nitrogens is 8. The quantitative estimate of drug-likeness (QED) is 0.483. The maximum Gasteiger partial charge on any atom is 0.281 e. The molecule has 4 aromatic rings. The van der Waals surface area contributed by atoms with Crippen LogP contribution in [0.2, 0.25) is 5.02 Å². The Morgan fingerprint density at radius 3 is 2.75 bits per heavy atom. The molecule has 3 aromatic heterocycles. The molecule has 3 N–H and O–H groups in total. The monoisotopic (exact) mass is 401 g/mol. The number of fused-ring (bicyclic) bond motifs is 1. The SMILES string of the molecule is Cc1cnn2nc(N)n(Cc3nnn(C[C@H](O)c4ccc(Cl)cc4)n3)c(=O)c12. The smallest absolute Gasteiger partial charge is 0.281 e. The second-order valence-corrected chi connectivity index (χ2v) is 6.68. The second-order valence-electron chi connectivity index (χ2n) is 6.24. The van der Waals surface area contributed by atoms with Gasteiger partial charge < -0.3 is 10.8 Å². The third kappa shape index (κ3) is 3.32. The van der Waals surface area contributed by atoms with Gasteiger partial charge in [-0.3, -0.25) is 9.36 Å². The zero-order valence-corrected chi connectivity index (χ0v) is 15.5. The highest BCUT2D eigenvalue weighted by molar-refractivity contribution is 6.30. The van der Waals surface area contributed by atoms with Crippen LogP contribution < -0.4 is 11.3 Å². The molecule has 0 fully saturated rings. The number of benzene rings is 1. The number of anilines is 1. The normalized spacial score (nSPS) is 12.5. The zero-order valence-electron chi connectivity index (χ0n) is 14.8. The molecule has 0 saturated carbocycles. The van der Waals surface area contributed by atoms with Crippen LogP contribution >= 0.6 is 11.6 Å². The van der Waals surface area contributed by atoms with Crippen molar-refractivity contribution < 1.29 is 5.11 Å². The fraction of sp³-hybridized carbons (Fsp3) is 0.250. The predicted octanol–water partition coefficient (Wildman–Crippen LogP) is 0.203. The molecule has 28 heavy (non-hydrogen) atoms. The predicted molar refractivity (Wildman–Crippen MR) is 99.7 cm³/mol. The van der Waals surface area contributed by atoms with Crippen molar-refractivity contribution in [2.45, 2.75) is 26.1 Å². The van der Waals surface area contributed by atoms with Gasteiger partial charge in [0.2, 0.25) is 5.95 Å². The van der Waals surface area contributed by atoms with Crippen molar-refractivity contribution in [2.24, 2.45) is 0 Å². The molecule has 11 nitrogen and oxygen atoms in total. The highest BCUT2D eigenvalue weighted by Gasteiger charge is 2.16. The summed E-state index contributed by atoms with van der Waals surface area (Å²) in [6.07, 6.45) is 0.708. The van der Waals surface area contributed by atoms with Crippen LogP contribution in [0.25, 0.3) is 5.52 Å². The fourth-order valence-electron chi connectivity index (χ4n) is 2.79. The summed E-state index contributed by atoms with van der Waals surface area (Å²) in [4.78, 5) is 13.9. The number of halogens is 1. The molecule has 3 heterocycles. The fourth-order valence-corrected chi connectivity index (χ4v) is 2.91. The molecule has 0 aliphatic heterocycles. The minimum atomic E-state index is -0.834. The number of nitrogen functional groups attached to an aromatic ring is 1. The van der Waals surface area contributed by atoms with E-state index in [4.69, 9.17) is 17.3 Å². The number of hydrogen-bond donors (Lipinski definition) is 2. The molecule has 1 aromatic carbocycles.